The van der Waals surface area contributed by atoms with Gasteiger partial charge in [0.2, 0.25) is 0 Å². The SMILES string of the molecule is O=C(c1ccc2nccn2c1)N1CCC(O)(c2ccc(F)cc2)C1. The van der Waals surface area contributed by atoms with Gasteiger partial charge in [-0.25, -0.2) is 9.37 Å². The number of halogens is 1. The van der Waals surface area contributed by atoms with Crippen LogP contribution < -0.4 is 0 Å². The maximum Gasteiger partial charge on any atom is 0.255 e. The molecule has 1 amide bonds. The summed E-state index contributed by atoms with van der Waals surface area (Å²) in [5.41, 5.74) is 0.812. The number of hydrogen-bond acceptors (Lipinski definition) is 3. The van der Waals surface area contributed by atoms with Gasteiger partial charge in [-0.05, 0) is 36.2 Å². The number of carbonyl (C=O) groups is 1. The number of benzene rings is 1. The number of hydrogen-bond donors (Lipinski definition) is 1. The molecule has 4 rings (SSSR count). The van der Waals surface area contributed by atoms with Gasteiger partial charge in [-0.1, -0.05) is 12.1 Å². The molecule has 1 aliphatic rings. The Balaban J connectivity index is 1.57. The highest BCUT2D eigenvalue weighted by atomic mass is 19.1. The highest BCUT2D eigenvalue weighted by Gasteiger charge is 2.39. The number of nitrogens with zero attached hydrogens (tertiary/aromatic N) is 3. The molecule has 1 atom stereocenters. The summed E-state index contributed by atoms with van der Waals surface area (Å²) in [5.74, 6) is -0.481. The summed E-state index contributed by atoms with van der Waals surface area (Å²) >= 11 is 0. The molecular weight excluding hydrogens is 309 g/mol. The van der Waals surface area contributed by atoms with Crippen molar-refractivity contribution in [3.05, 3.63) is 71.9 Å². The van der Waals surface area contributed by atoms with Crippen LogP contribution in [0.1, 0.15) is 22.3 Å². The molecule has 0 aliphatic carbocycles. The monoisotopic (exact) mass is 325 g/mol. The smallest absolute Gasteiger partial charge is 0.255 e. The Morgan fingerprint density at radius 1 is 1.21 bits per heavy atom. The van der Waals surface area contributed by atoms with E-state index < -0.39 is 5.60 Å². The number of amides is 1. The molecule has 5 nitrogen and oxygen atoms in total. The molecule has 24 heavy (non-hydrogen) atoms. The number of aromatic nitrogens is 2. The van der Waals surface area contributed by atoms with E-state index in [0.29, 0.717) is 24.1 Å². The lowest BCUT2D eigenvalue weighted by Crippen LogP contribution is -2.34. The highest BCUT2D eigenvalue weighted by molar-refractivity contribution is 5.94. The van der Waals surface area contributed by atoms with Crippen LogP contribution in [0.2, 0.25) is 0 Å². The van der Waals surface area contributed by atoms with E-state index in [9.17, 15) is 14.3 Å². The minimum Gasteiger partial charge on any atom is -0.383 e. The summed E-state index contributed by atoms with van der Waals surface area (Å²) in [5, 5.41) is 10.8. The van der Waals surface area contributed by atoms with Gasteiger partial charge >= 0.3 is 0 Å². The maximum atomic E-state index is 13.1. The molecule has 1 saturated heterocycles. The second-order valence-electron chi connectivity index (χ2n) is 6.13. The third-order valence-electron chi connectivity index (χ3n) is 4.55. The zero-order valence-electron chi connectivity index (χ0n) is 12.9. The standard InChI is InChI=1S/C18H16FN3O2/c19-15-4-2-14(3-5-15)18(24)7-9-22(12-18)17(23)13-1-6-16-20-8-10-21(16)11-13/h1-6,8,10-11,24H,7,9,12H2. The first-order valence-electron chi connectivity index (χ1n) is 7.76. The largest absolute Gasteiger partial charge is 0.383 e. The van der Waals surface area contributed by atoms with Crippen LogP contribution in [0, 0.1) is 5.82 Å². The third-order valence-corrected chi connectivity index (χ3v) is 4.55. The van der Waals surface area contributed by atoms with Crippen molar-refractivity contribution in [1.82, 2.24) is 14.3 Å². The summed E-state index contributed by atoms with van der Waals surface area (Å²) in [7, 11) is 0. The zero-order chi connectivity index (χ0) is 16.7. The van der Waals surface area contributed by atoms with Gasteiger partial charge in [-0.2, -0.15) is 0 Å². The lowest BCUT2D eigenvalue weighted by molar-refractivity contribution is 0.0417. The number of rotatable bonds is 2. The lowest BCUT2D eigenvalue weighted by Gasteiger charge is -2.24. The van der Waals surface area contributed by atoms with Crippen LogP contribution in [0.3, 0.4) is 0 Å². The number of β-amino-alcohol motifs (C(OH)–C–C–N with tert-alkyl or cyclic N) is 1. The molecule has 1 aromatic carbocycles. The van der Waals surface area contributed by atoms with Crippen molar-refractivity contribution in [3.63, 3.8) is 0 Å². The number of carbonyl (C=O) groups excluding carboxylic acids is 1. The predicted molar refractivity (Wildman–Crippen MR) is 86.0 cm³/mol. The fourth-order valence-electron chi connectivity index (χ4n) is 3.19. The Bertz CT molecular complexity index is 906. The molecule has 6 heteroatoms. The average molecular weight is 325 g/mol. The van der Waals surface area contributed by atoms with Crippen LogP contribution in [0.15, 0.2) is 55.0 Å². The first kappa shape index (κ1) is 14.8. The number of pyridine rings is 1. The van der Waals surface area contributed by atoms with Gasteiger partial charge in [-0.15, -0.1) is 0 Å². The molecule has 0 saturated carbocycles. The second kappa shape index (κ2) is 5.42. The van der Waals surface area contributed by atoms with Crippen LogP contribution in [-0.2, 0) is 5.60 Å². The molecule has 1 unspecified atom stereocenters. The molecule has 1 N–H and O–H groups in total. The van der Waals surface area contributed by atoms with Crippen molar-refractivity contribution in [1.29, 1.82) is 0 Å². The van der Waals surface area contributed by atoms with E-state index in [1.807, 2.05) is 0 Å². The van der Waals surface area contributed by atoms with Crippen LogP contribution in [0.4, 0.5) is 4.39 Å². The number of likely N-dealkylation sites (tertiary alicyclic amines) is 1. The fourth-order valence-corrected chi connectivity index (χ4v) is 3.19. The van der Waals surface area contributed by atoms with Crippen LogP contribution in [-0.4, -0.2) is 38.4 Å². The number of aliphatic hydroxyl groups is 1. The van der Waals surface area contributed by atoms with Crippen molar-refractivity contribution in [3.8, 4) is 0 Å². The average Bonchev–Trinajstić information content (AvgIpc) is 3.21. The summed E-state index contributed by atoms with van der Waals surface area (Å²) < 4.78 is 14.9. The number of fused-ring (bicyclic) bond motifs is 1. The van der Waals surface area contributed by atoms with Crippen molar-refractivity contribution in [2.45, 2.75) is 12.0 Å². The molecule has 1 aliphatic heterocycles. The van der Waals surface area contributed by atoms with E-state index in [0.717, 1.165) is 5.65 Å². The van der Waals surface area contributed by atoms with E-state index in [2.05, 4.69) is 4.98 Å². The molecular formula is C18H16FN3O2. The van der Waals surface area contributed by atoms with Crippen molar-refractivity contribution >= 4 is 11.6 Å². The molecule has 3 aromatic rings. The number of imidazole rings is 1. The molecule has 1 fully saturated rings. The van der Waals surface area contributed by atoms with Crippen molar-refractivity contribution in [2.24, 2.45) is 0 Å². The minimum atomic E-state index is -1.14. The normalized spacial score (nSPS) is 20.7. The van der Waals surface area contributed by atoms with Crippen LogP contribution >= 0.6 is 0 Å². The Morgan fingerprint density at radius 2 is 2.00 bits per heavy atom. The van der Waals surface area contributed by atoms with Gasteiger partial charge in [0.25, 0.3) is 5.91 Å². The Morgan fingerprint density at radius 3 is 2.79 bits per heavy atom. The van der Waals surface area contributed by atoms with Gasteiger partial charge in [0.15, 0.2) is 0 Å². The van der Waals surface area contributed by atoms with Crippen LogP contribution in [0.5, 0.6) is 0 Å². The highest BCUT2D eigenvalue weighted by Crippen LogP contribution is 2.32. The molecule has 122 valence electrons. The molecule has 3 heterocycles. The molecule has 2 aromatic heterocycles. The maximum absolute atomic E-state index is 13.1. The molecule has 0 radical (unpaired) electrons. The topological polar surface area (TPSA) is 57.8 Å². The quantitative estimate of drug-likeness (QED) is 0.786. The fraction of sp³-hybridized carbons (Fsp3) is 0.222. The lowest BCUT2D eigenvalue weighted by atomic mass is 9.93. The van der Waals surface area contributed by atoms with E-state index in [-0.39, 0.29) is 18.3 Å². The second-order valence-corrected chi connectivity index (χ2v) is 6.13. The molecule has 0 bridgehead atoms. The van der Waals surface area contributed by atoms with E-state index in [1.54, 1.807) is 52.2 Å². The van der Waals surface area contributed by atoms with Gasteiger partial charge in [0, 0.05) is 25.1 Å². The zero-order valence-corrected chi connectivity index (χ0v) is 12.9. The van der Waals surface area contributed by atoms with E-state index >= 15 is 0 Å². The Kier molecular flexibility index (Phi) is 3.35. The van der Waals surface area contributed by atoms with E-state index in [4.69, 9.17) is 0 Å². The van der Waals surface area contributed by atoms with Gasteiger partial charge < -0.3 is 14.4 Å². The van der Waals surface area contributed by atoms with Gasteiger partial charge in [0.05, 0.1) is 12.1 Å². The molecule has 0 spiro atoms. The summed E-state index contributed by atoms with van der Waals surface area (Å²) in [6.07, 6.45) is 5.62. The van der Waals surface area contributed by atoms with Gasteiger partial charge in [-0.3, -0.25) is 4.79 Å². The minimum absolute atomic E-state index is 0.136. The summed E-state index contributed by atoms with van der Waals surface area (Å²) in [4.78, 5) is 18.5. The van der Waals surface area contributed by atoms with Crippen molar-refractivity contribution < 1.29 is 14.3 Å². The summed E-state index contributed by atoms with van der Waals surface area (Å²) in [6, 6.07) is 9.31. The predicted octanol–water partition coefficient (Wildman–Crippen LogP) is 2.21. The summed E-state index contributed by atoms with van der Waals surface area (Å²) in [6.45, 7) is 0.647. The van der Waals surface area contributed by atoms with E-state index in [1.165, 1.54) is 12.1 Å². The van der Waals surface area contributed by atoms with Crippen LogP contribution in [0.25, 0.3) is 5.65 Å². The Labute approximate surface area is 138 Å². The third kappa shape index (κ3) is 2.45. The Hall–Kier alpha value is -2.73. The van der Waals surface area contributed by atoms with Gasteiger partial charge in [0.1, 0.15) is 17.1 Å². The first-order chi connectivity index (χ1) is 11.5. The first-order valence-corrected chi connectivity index (χ1v) is 7.76. The van der Waals surface area contributed by atoms with Crippen molar-refractivity contribution in [2.75, 3.05) is 13.1 Å².